The molecule has 0 spiro atoms. The van der Waals surface area contributed by atoms with Crippen LogP contribution in [0.25, 0.3) is 0 Å². The second-order valence-electron chi connectivity index (χ2n) is 5.56. The maximum absolute atomic E-state index is 12.7. The molecule has 1 aromatic heterocycles. The molecule has 0 bridgehead atoms. The summed E-state index contributed by atoms with van der Waals surface area (Å²) in [6.45, 7) is 3.67. The Balaban J connectivity index is 1.82. The predicted octanol–water partition coefficient (Wildman–Crippen LogP) is 3.50. The quantitative estimate of drug-likeness (QED) is 0.590. The Morgan fingerprint density at radius 1 is 1.31 bits per heavy atom. The number of ether oxygens (including phenoxy) is 2. The molecular formula is C18H19N3O4S. The molecule has 136 valence electrons. The minimum atomic E-state index is -0.727. The van der Waals surface area contributed by atoms with E-state index in [9.17, 15) is 9.59 Å². The minimum absolute atomic E-state index is 0.211. The molecule has 1 aromatic carbocycles. The van der Waals surface area contributed by atoms with E-state index >= 15 is 0 Å². The number of nitrogens with zero attached hydrogens (tertiary/aromatic N) is 3. The predicted molar refractivity (Wildman–Crippen MR) is 99.5 cm³/mol. The van der Waals surface area contributed by atoms with Gasteiger partial charge in [0.15, 0.2) is 6.10 Å². The first-order chi connectivity index (χ1) is 12.5. The van der Waals surface area contributed by atoms with Crippen LogP contribution in [0.1, 0.15) is 13.8 Å². The molecule has 8 heteroatoms. The summed E-state index contributed by atoms with van der Waals surface area (Å²) in [5.74, 6) is 0.637. The molecule has 2 amide bonds. The molecule has 1 atom stereocenters. The number of fused-ring (bicyclic) bond motifs is 1. The first kappa shape index (κ1) is 18.1. The minimum Gasteiger partial charge on any atom is -0.479 e. The third kappa shape index (κ3) is 3.60. The van der Waals surface area contributed by atoms with Crippen LogP contribution >= 0.6 is 11.9 Å². The molecule has 0 saturated heterocycles. The largest absolute Gasteiger partial charge is 0.479 e. The highest BCUT2D eigenvalue weighted by molar-refractivity contribution is 8.01. The van der Waals surface area contributed by atoms with E-state index in [1.165, 1.54) is 21.2 Å². The van der Waals surface area contributed by atoms with Crippen molar-refractivity contribution in [3.8, 4) is 5.75 Å². The molecule has 2 aromatic rings. The van der Waals surface area contributed by atoms with Crippen molar-refractivity contribution in [2.45, 2.75) is 24.8 Å². The molecule has 0 aliphatic carbocycles. The normalized spacial score (nSPS) is 14.7. The van der Waals surface area contributed by atoms with Gasteiger partial charge in [-0.05, 0) is 38.1 Å². The molecule has 2 heterocycles. The maximum atomic E-state index is 12.7. The maximum Gasteiger partial charge on any atom is 0.347 e. The highest BCUT2D eigenvalue weighted by Gasteiger charge is 2.31. The summed E-state index contributed by atoms with van der Waals surface area (Å²) >= 11 is 1.30. The molecule has 3 rings (SSSR count). The zero-order valence-corrected chi connectivity index (χ0v) is 15.5. The van der Waals surface area contributed by atoms with Crippen molar-refractivity contribution in [2.75, 3.05) is 22.9 Å². The van der Waals surface area contributed by atoms with Crippen LogP contribution < -0.4 is 13.9 Å². The number of carbonyl (C=O) groups is 2. The van der Waals surface area contributed by atoms with Crippen LogP contribution in [0, 0.1) is 0 Å². The summed E-state index contributed by atoms with van der Waals surface area (Å²) in [4.78, 5) is 31.1. The Morgan fingerprint density at radius 3 is 2.81 bits per heavy atom. The fraction of sp³-hybridized carbons (Fsp3) is 0.278. The van der Waals surface area contributed by atoms with E-state index < -0.39 is 12.1 Å². The van der Waals surface area contributed by atoms with E-state index in [0.717, 1.165) is 4.90 Å². The molecule has 1 aliphatic rings. The topological polar surface area (TPSA) is 72.0 Å². The number of pyridine rings is 1. The van der Waals surface area contributed by atoms with E-state index in [4.69, 9.17) is 9.47 Å². The van der Waals surface area contributed by atoms with Gasteiger partial charge in [0, 0.05) is 31.3 Å². The number of aromatic nitrogens is 1. The van der Waals surface area contributed by atoms with Gasteiger partial charge in [-0.2, -0.15) is 0 Å². The molecule has 0 unspecified atom stereocenters. The Morgan fingerprint density at radius 2 is 2.12 bits per heavy atom. The molecule has 7 nitrogen and oxygen atoms in total. The summed E-state index contributed by atoms with van der Waals surface area (Å²) in [7, 11) is 1.69. The van der Waals surface area contributed by atoms with E-state index in [0.29, 0.717) is 23.9 Å². The fourth-order valence-electron chi connectivity index (χ4n) is 2.42. The molecule has 0 saturated carbocycles. The average molecular weight is 373 g/mol. The zero-order valence-electron chi connectivity index (χ0n) is 14.7. The lowest BCUT2D eigenvalue weighted by atomic mass is 10.2. The third-order valence-corrected chi connectivity index (χ3v) is 4.80. The van der Waals surface area contributed by atoms with E-state index in [1.54, 1.807) is 51.4 Å². The van der Waals surface area contributed by atoms with Gasteiger partial charge in [-0.15, -0.1) is 0 Å². The summed E-state index contributed by atoms with van der Waals surface area (Å²) in [6.07, 6.45) is 0.919. The standard InChI is InChI=1S/C18H19N3O4S/c1-4-24-17(22)12(2)25-13-8-9-15-14(11-13)20(3)18(23)21(26-15)16-7-5-6-10-19-16/h5-12H,4H2,1-3H3/t12-/m1/s1. The second-order valence-corrected chi connectivity index (χ2v) is 6.54. The number of hydrogen-bond donors (Lipinski definition) is 0. The van der Waals surface area contributed by atoms with E-state index in [1.807, 2.05) is 12.1 Å². The lowest BCUT2D eigenvalue weighted by molar-refractivity contribution is -0.150. The van der Waals surface area contributed by atoms with Gasteiger partial charge >= 0.3 is 12.0 Å². The van der Waals surface area contributed by atoms with Gasteiger partial charge in [-0.25, -0.2) is 18.9 Å². The van der Waals surface area contributed by atoms with Crippen LogP contribution in [0.5, 0.6) is 5.75 Å². The third-order valence-electron chi connectivity index (χ3n) is 3.73. The van der Waals surface area contributed by atoms with Gasteiger partial charge in [0.2, 0.25) is 0 Å². The second kappa shape index (κ2) is 7.65. The highest BCUT2D eigenvalue weighted by atomic mass is 32.2. The zero-order chi connectivity index (χ0) is 18.7. The van der Waals surface area contributed by atoms with Crippen molar-refractivity contribution in [3.63, 3.8) is 0 Å². The van der Waals surface area contributed by atoms with E-state index in [-0.39, 0.29) is 6.03 Å². The summed E-state index contributed by atoms with van der Waals surface area (Å²) in [5, 5.41) is 0. The van der Waals surface area contributed by atoms with Crippen molar-refractivity contribution in [1.29, 1.82) is 0 Å². The van der Waals surface area contributed by atoms with Crippen molar-refractivity contribution in [1.82, 2.24) is 4.98 Å². The first-order valence-electron chi connectivity index (χ1n) is 8.15. The van der Waals surface area contributed by atoms with Crippen LogP contribution in [-0.4, -0.2) is 36.7 Å². The van der Waals surface area contributed by atoms with Gasteiger partial charge < -0.3 is 9.47 Å². The number of rotatable bonds is 5. The van der Waals surface area contributed by atoms with E-state index in [2.05, 4.69) is 4.98 Å². The lowest BCUT2D eigenvalue weighted by Crippen LogP contribution is -2.41. The van der Waals surface area contributed by atoms with Crippen LogP contribution in [0.3, 0.4) is 0 Å². The molecule has 1 aliphatic heterocycles. The molecule has 0 fully saturated rings. The van der Waals surface area contributed by atoms with Gasteiger partial charge in [-0.3, -0.25) is 4.90 Å². The lowest BCUT2D eigenvalue weighted by Gasteiger charge is -2.33. The number of anilines is 2. The summed E-state index contributed by atoms with van der Waals surface area (Å²) in [5.41, 5.74) is 0.709. The van der Waals surface area contributed by atoms with Crippen molar-refractivity contribution in [3.05, 3.63) is 42.6 Å². The van der Waals surface area contributed by atoms with Crippen LogP contribution in [0.15, 0.2) is 47.5 Å². The van der Waals surface area contributed by atoms with Crippen molar-refractivity contribution in [2.24, 2.45) is 0 Å². The monoisotopic (exact) mass is 373 g/mol. The smallest absolute Gasteiger partial charge is 0.347 e. The SMILES string of the molecule is CCOC(=O)[C@@H](C)Oc1ccc2c(c1)N(C)C(=O)N(c1ccccn1)S2. The van der Waals surface area contributed by atoms with Crippen molar-refractivity contribution < 1.29 is 19.1 Å². The Labute approximate surface area is 156 Å². The Bertz CT molecular complexity index is 815. The van der Waals surface area contributed by atoms with Crippen LogP contribution in [0.4, 0.5) is 16.3 Å². The first-order valence-corrected chi connectivity index (χ1v) is 8.92. The van der Waals surface area contributed by atoms with Crippen LogP contribution in [-0.2, 0) is 9.53 Å². The van der Waals surface area contributed by atoms with Crippen molar-refractivity contribution >= 4 is 35.5 Å². The Hall–Kier alpha value is -2.74. The molecule has 0 N–H and O–H groups in total. The molecule has 0 radical (unpaired) electrons. The van der Waals surface area contributed by atoms with Gasteiger partial charge in [0.1, 0.15) is 11.6 Å². The number of esters is 1. The summed E-state index contributed by atoms with van der Waals surface area (Å²) in [6, 6.07) is 10.6. The Kier molecular flexibility index (Phi) is 5.32. The number of amides is 2. The van der Waals surface area contributed by atoms with Gasteiger partial charge in [0.25, 0.3) is 0 Å². The highest BCUT2D eigenvalue weighted by Crippen LogP contribution is 2.41. The number of hydrogen-bond acceptors (Lipinski definition) is 6. The molecule has 26 heavy (non-hydrogen) atoms. The number of benzene rings is 1. The van der Waals surface area contributed by atoms with Crippen LogP contribution in [0.2, 0.25) is 0 Å². The van der Waals surface area contributed by atoms with Gasteiger partial charge in [-0.1, -0.05) is 6.07 Å². The van der Waals surface area contributed by atoms with Gasteiger partial charge in [0.05, 0.1) is 17.2 Å². The number of urea groups is 1. The fourth-order valence-corrected chi connectivity index (χ4v) is 3.43. The number of carbonyl (C=O) groups excluding carboxylic acids is 2. The molecular weight excluding hydrogens is 354 g/mol. The summed E-state index contributed by atoms with van der Waals surface area (Å²) < 4.78 is 12.1. The average Bonchev–Trinajstić information content (AvgIpc) is 2.66.